The number of carbonyl (C=O) groups excluding carboxylic acids is 1. The average molecular weight is 309 g/mol. The van der Waals surface area contributed by atoms with Crippen molar-refractivity contribution in [3.05, 3.63) is 28.8 Å². The zero-order chi connectivity index (χ0) is 15.4. The number of amides is 1. The second-order valence-corrected chi connectivity index (χ2v) is 7.12. The van der Waals surface area contributed by atoms with Gasteiger partial charge in [0.05, 0.1) is 16.8 Å². The average Bonchev–Trinajstić information content (AvgIpc) is 2.89. The van der Waals surface area contributed by atoms with Crippen LogP contribution in [-0.4, -0.2) is 24.2 Å². The molecule has 0 spiro atoms. The second kappa shape index (κ2) is 4.70. The van der Waals surface area contributed by atoms with Crippen LogP contribution >= 0.6 is 11.6 Å². The molecule has 1 amide bonds. The van der Waals surface area contributed by atoms with Gasteiger partial charge in [-0.05, 0) is 31.0 Å². The molecule has 2 aliphatic rings. The van der Waals surface area contributed by atoms with Gasteiger partial charge in [-0.3, -0.25) is 4.79 Å². The van der Waals surface area contributed by atoms with E-state index in [1.807, 2.05) is 39.0 Å². The molecule has 4 nitrogen and oxygen atoms in total. The number of aryl methyl sites for hydroxylation is 1. The SMILES string of the molecule is Cc1ccc(NC(=O)C2(N)C3CCOC3C2(C)C)c(Cl)c1. The number of carbonyl (C=O) groups is 1. The number of hydrogen-bond donors (Lipinski definition) is 2. The van der Waals surface area contributed by atoms with Gasteiger partial charge in [0.25, 0.3) is 0 Å². The Hall–Kier alpha value is -1.10. The van der Waals surface area contributed by atoms with Crippen molar-refractivity contribution in [2.24, 2.45) is 17.1 Å². The van der Waals surface area contributed by atoms with Gasteiger partial charge in [0.1, 0.15) is 5.54 Å². The van der Waals surface area contributed by atoms with Crippen molar-refractivity contribution in [3.63, 3.8) is 0 Å². The summed E-state index contributed by atoms with van der Waals surface area (Å²) >= 11 is 6.19. The summed E-state index contributed by atoms with van der Waals surface area (Å²) in [6, 6.07) is 5.55. The highest BCUT2D eigenvalue weighted by Crippen LogP contribution is 2.58. The normalized spacial score (nSPS) is 33.2. The fourth-order valence-electron chi connectivity index (χ4n) is 3.79. The summed E-state index contributed by atoms with van der Waals surface area (Å²) in [4.78, 5) is 12.8. The van der Waals surface area contributed by atoms with Crippen molar-refractivity contribution in [2.75, 3.05) is 11.9 Å². The molecule has 1 saturated carbocycles. The topological polar surface area (TPSA) is 64.4 Å². The van der Waals surface area contributed by atoms with Gasteiger partial charge in [-0.2, -0.15) is 0 Å². The third-order valence-corrected chi connectivity index (χ3v) is 5.52. The van der Waals surface area contributed by atoms with Crippen molar-refractivity contribution >= 4 is 23.2 Å². The lowest BCUT2D eigenvalue weighted by molar-refractivity contribution is -0.170. The van der Waals surface area contributed by atoms with Crippen LogP contribution < -0.4 is 11.1 Å². The first kappa shape index (κ1) is 14.8. The van der Waals surface area contributed by atoms with Gasteiger partial charge in [-0.25, -0.2) is 0 Å². The molecule has 21 heavy (non-hydrogen) atoms. The molecule has 1 aliphatic heterocycles. The van der Waals surface area contributed by atoms with Crippen molar-refractivity contribution in [1.29, 1.82) is 0 Å². The van der Waals surface area contributed by atoms with E-state index in [0.717, 1.165) is 12.0 Å². The molecule has 0 bridgehead atoms. The summed E-state index contributed by atoms with van der Waals surface area (Å²) in [6.07, 6.45) is 0.904. The lowest BCUT2D eigenvalue weighted by Gasteiger charge is -2.60. The van der Waals surface area contributed by atoms with Gasteiger partial charge in [-0.15, -0.1) is 0 Å². The molecule has 1 saturated heterocycles. The molecule has 3 N–H and O–H groups in total. The predicted molar refractivity (Wildman–Crippen MR) is 83.4 cm³/mol. The molecular formula is C16H21ClN2O2. The van der Waals surface area contributed by atoms with Gasteiger partial charge >= 0.3 is 0 Å². The largest absolute Gasteiger partial charge is 0.377 e. The van der Waals surface area contributed by atoms with Gasteiger partial charge in [-0.1, -0.05) is 31.5 Å². The second-order valence-electron chi connectivity index (χ2n) is 6.71. The Kier molecular flexibility index (Phi) is 3.32. The Morgan fingerprint density at radius 2 is 2.19 bits per heavy atom. The van der Waals surface area contributed by atoms with Crippen LogP contribution in [0.1, 0.15) is 25.8 Å². The van der Waals surface area contributed by atoms with E-state index in [4.69, 9.17) is 22.1 Å². The summed E-state index contributed by atoms with van der Waals surface area (Å²) in [5, 5.41) is 3.43. The van der Waals surface area contributed by atoms with E-state index in [9.17, 15) is 4.79 Å². The number of anilines is 1. The molecule has 1 aromatic rings. The number of hydrogen-bond acceptors (Lipinski definition) is 3. The van der Waals surface area contributed by atoms with Crippen molar-refractivity contribution in [2.45, 2.75) is 38.8 Å². The maximum absolute atomic E-state index is 12.8. The molecular weight excluding hydrogens is 288 g/mol. The van der Waals surface area contributed by atoms with Crippen LogP contribution in [0.2, 0.25) is 5.02 Å². The van der Waals surface area contributed by atoms with Crippen LogP contribution in [0.25, 0.3) is 0 Å². The third kappa shape index (κ3) is 1.93. The third-order valence-electron chi connectivity index (χ3n) is 5.20. The van der Waals surface area contributed by atoms with Crippen LogP contribution in [-0.2, 0) is 9.53 Å². The number of nitrogens with one attached hydrogen (secondary N) is 1. The van der Waals surface area contributed by atoms with E-state index in [-0.39, 0.29) is 23.3 Å². The van der Waals surface area contributed by atoms with E-state index in [1.54, 1.807) is 0 Å². The predicted octanol–water partition coefficient (Wildman–Crippen LogP) is 2.73. The van der Waals surface area contributed by atoms with Crippen LogP contribution in [0.15, 0.2) is 18.2 Å². The smallest absolute Gasteiger partial charge is 0.245 e. The minimum atomic E-state index is -0.914. The van der Waals surface area contributed by atoms with Crippen molar-refractivity contribution < 1.29 is 9.53 Å². The first-order chi connectivity index (χ1) is 9.78. The van der Waals surface area contributed by atoms with Gasteiger partial charge in [0.15, 0.2) is 0 Å². The Labute approximate surface area is 130 Å². The zero-order valence-corrected chi connectivity index (χ0v) is 13.3. The van der Waals surface area contributed by atoms with Crippen molar-refractivity contribution in [3.8, 4) is 0 Å². The first-order valence-electron chi connectivity index (χ1n) is 7.26. The highest BCUT2D eigenvalue weighted by Gasteiger charge is 2.71. The molecule has 5 heteroatoms. The van der Waals surface area contributed by atoms with Gasteiger partial charge < -0.3 is 15.8 Å². The van der Waals surface area contributed by atoms with Gasteiger partial charge in [0.2, 0.25) is 5.91 Å². The van der Waals surface area contributed by atoms with Crippen LogP contribution in [0.3, 0.4) is 0 Å². The summed E-state index contributed by atoms with van der Waals surface area (Å²) in [7, 11) is 0. The summed E-state index contributed by atoms with van der Waals surface area (Å²) in [5.74, 6) is -0.0956. The molecule has 0 radical (unpaired) electrons. The Balaban J connectivity index is 1.85. The maximum atomic E-state index is 12.8. The number of halogens is 1. The molecule has 1 heterocycles. The fraction of sp³-hybridized carbons (Fsp3) is 0.562. The van der Waals surface area contributed by atoms with E-state index < -0.39 is 5.54 Å². The standard InChI is InChI=1S/C16H21ClN2O2/c1-9-4-5-12(11(17)8-9)19-14(20)16(18)10-6-7-21-13(10)15(16,2)3/h4-5,8,10,13H,6-7,18H2,1-3H3,(H,19,20). The number of ether oxygens (including phenoxy) is 1. The molecule has 3 rings (SSSR count). The van der Waals surface area contributed by atoms with E-state index in [1.165, 1.54) is 0 Å². The minimum Gasteiger partial charge on any atom is -0.377 e. The molecule has 1 aliphatic carbocycles. The molecule has 2 fully saturated rings. The van der Waals surface area contributed by atoms with E-state index >= 15 is 0 Å². The summed E-state index contributed by atoms with van der Waals surface area (Å²) < 4.78 is 5.72. The highest BCUT2D eigenvalue weighted by molar-refractivity contribution is 6.33. The zero-order valence-electron chi connectivity index (χ0n) is 12.6. The Morgan fingerprint density at radius 1 is 1.48 bits per heavy atom. The van der Waals surface area contributed by atoms with Crippen molar-refractivity contribution in [1.82, 2.24) is 0 Å². The van der Waals surface area contributed by atoms with Crippen LogP contribution in [0.5, 0.6) is 0 Å². The molecule has 3 unspecified atom stereocenters. The molecule has 114 valence electrons. The quantitative estimate of drug-likeness (QED) is 0.883. The molecule has 0 aromatic heterocycles. The monoisotopic (exact) mass is 308 g/mol. The number of benzene rings is 1. The Bertz CT molecular complexity index is 602. The maximum Gasteiger partial charge on any atom is 0.245 e. The number of nitrogens with two attached hydrogens (primary N) is 1. The first-order valence-corrected chi connectivity index (χ1v) is 7.64. The van der Waals surface area contributed by atoms with E-state index in [0.29, 0.717) is 17.3 Å². The molecule has 1 aromatic carbocycles. The van der Waals surface area contributed by atoms with E-state index in [2.05, 4.69) is 5.32 Å². The van der Waals surface area contributed by atoms with Crippen LogP contribution in [0, 0.1) is 18.3 Å². The minimum absolute atomic E-state index is 0.0711. The highest BCUT2D eigenvalue weighted by atomic mass is 35.5. The number of rotatable bonds is 2. The van der Waals surface area contributed by atoms with Gasteiger partial charge in [0, 0.05) is 17.9 Å². The molecule has 3 atom stereocenters. The summed E-state index contributed by atoms with van der Waals surface area (Å²) in [6.45, 7) is 6.62. The fourth-order valence-corrected chi connectivity index (χ4v) is 4.07. The Morgan fingerprint density at radius 3 is 2.86 bits per heavy atom. The van der Waals surface area contributed by atoms with Crippen LogP contribution in [0.4, 0.5) is 5.69 Å². The summed E-state index contributed by atoms with van der Waals surface area (Å²) in [5.41, 5.74) is 6.86. The lowest BCUT2D eigenvalue weighted by atomic mass is 9.48. The lowest BCUT2D eigenvalue weighted by Crippen LogP contribution is -2.79. The number of fused-ring (bicyclic) bond motifs is 1.